The van der Waals surface area contributed by atoms with Crippen LogP contribution in [0.2, 0.25) is 0 Å². The molecule has 0 atom stereocenters. The van der Waals surface area contributed by atoms with Gasteiger partial charge >= 0.3 is 0 Å². The third kappa shape index (κ3) is 32.0. The van der Waals surface area contributed by atoms with Crippen LogP contribution >= 0.6 is 0 Å². The zero-order valence-electron chi connectivity index (χ0n) is 19.3. The summed E-state index contributed by atoms with van der Waals surface area (Å²) in [4.78, 5) is 10.2. The third-order valence-electron chi connectivity index (χ3n) is 4.97. The number of nitrogens with one attached hydrogen (secondary N) is 1. The predicted octanol–water partition coefficient (Wildman–Crippen LogP) is 2.65. The van der Waals surface area contributed by atoms with Crippen molar-refractivity contribution in [3.8, 4) is 0 Å². The first kappa shape index (κ1) is 30.3. The van der Waals surface area contributed by atoms with Crippen LogP contribution in [-0.2, 0) is 4.79 Å². The summed E-state index contributed by atoms with van der Waals surface area (Å²) in [7, 11) is 0. The van der Waals surface area contributed by atoms with E-state index in [9.17, 15) is 0 Å². The van der Waals surface area contributed by atoms with Gasteiger partial charge in [0.2, 0.25) is 0 Å². The monoisotopic (exact) mass is 415 g/mol. The minimum absolute atomic E-state index is 0.224. The van der Waals surface area contributed by atoms with Crippen LogP contribution in [0.5, 0.6) is 0 Å². The fourth-order valence-corrected chi connectivity index (χ4v) is 3.31. The van der Waals surface area contributed by atoms with Crippen molar-refractivity contribution in [2.45, 2.75) is 104 Å². The lowest BCUT2D eigenvalue weighted by Crippen LogP contribution is -3.13. The Bertz CT molecular complexity index is 338. The maximum Gasteiger partial charge on any atom is 0.101 e. The minimum Gasteiger partial charge on any atom is -0.550 e. The molecule has 0 heterocycles. The highest BCUT2D eigenvalue weighted by molar-refractivity contribution is 5.60. The normalized spacial score (nSPS) is 11.1. The van der Waals surface area contributed by atoms with Crippen molar-refractivity contribution in [3.05, 3.63) is 12.2 Å². The largest absolute Gasteiger partial charge is 0.550 e. The number of aliphatic carboxylic acids is 1. The van der Waals surface area contributed by atoms with Crippen LogP contribution in [0, 0.1) is 0 Å². The summed E-state index contributed by atoms with van der Waals surface area (Å²) >= 11 is 0. The second kappa shape index (κ2) is 27.1. The Balaban J connectivity index is 0. The van der Waals surface area contributed by atoms with E-state index in [0.29, 0.717) is 0 Å². The van der Waals surface area contributed by atoms with Crippen molar-refractivity contribution in [1.29, 1.82) is 0 Å². The molecule has 0 fully saturated rings. The molecule has 0 saturated heterocycles. The molecular weight excluding hydrogens is 366 g/mol. The van der Waals surface area contributed by atoms with Gasteiger partial charge in [0.1, 0.15) is 13.1 Å². The van der Waals surface area contributed by atoms with Crippen molar-refractivity contribution in [3.63, 3.8) is 0 Å². The summed E-state index contributed by atoms with van der Waals surface area (Å²) in [6.45, 7) is 6.32. The second-order valence-electron chi connectivity index (χ2n) is 7.88. The van der Waals surface area contributed by atoms with E-state index in [-0.39, 0.29) is 13.2 Å². The molecule has 0 aromatic heterocycles. The molecule has 29 heavy (non-hydrogen) atoms. The van der Waals surface area contributed by atoms with Crippen LogP contribution in [0.15, 0.2) is 12.2 Å². The van der Waals surface area contributed by atoms with E-state index in [1.54, 1.807) is 0 Å². The average molecular weight is 416 g/mol. The molecule has 0 aromatic carbocycles. The fourth-order valence-electron chi connectivity index (χ4n) is 3.31. The topological polar surface area (TPSA) is 85.0 Å². The molecule has 5 heteroatoms. The summed E-state index contributed by atoms with van der Waals surface area (Å²) in [5, 5.41) is 26.9. The van der Waals surface area contributed by atoms with Gasteiger partial charge in [-0.05, 0) is 45.4 Å². The summed E-state index contributed by atoms with van der Waals surface area (Å²) in [6.07, 6.45) is 23.5. The van der Waals surface area contributed by atoms with Gasteiger partial charge in [0, 0.05) is 5.97 Å². The zero-order chi connectivity index (χ0) is 22.0. The molecule has 0 spiro atoms. The first-order valence-corrected chi connectivity index (χ1v) is 12.0. The Morgan fingerprint density at radius 2 is 1.10 bits per heavy atom. The number of aliphatic hydroxyl groups excluding tert-OH is 2. The molecule has 0 saturated carbocycles. The van der Waals surface area contributed by atoms with Crippen LogP contribution in [0.4, 0.5) is 0 Å². The molecule has 3 N–H and O–H groups in total. The quantitative estimate of drug-likeness (QED) is 0.211. The van der Waals surface area contributed by atoms with Crippen molar-refractivity contribution >= 4 is 5.97 Å². The van der Waals surface area contributed by atoms with Crippen LogP contribution in [0.3, 0.4) is 0 Å². The van der Waals surface area contributed by atoms with Crippen LogP contribution in [0.25, 0.3) is 0 Å². The molecule has 174 valence electrons. The first-order chi connectivity index (χ1) is 14.1. The highest BCUT2D eigenvalue weighted by Crippen LogP contribution is 2.09. The lowest BCUT2D eigenvalue weighted by Gasteiger charge is -2.17. The van der Waals surface area contributed by atoms with Gasteiger partial charge in [0.25, 0.3) is 0 Å². The minimum atomic E-state index is -1.08. The number of hydrogen-bond donors (Lipinski definition) is 3. The van der Waals surface area contributed by atoms with Gasteiger partial charge in [-0.15, -0.1) is 0 Å². The van der Waals surface area contributed by atoms with Gasteiger partial charge in [-0.2, -0.15) is 0 Å². The van der Waals surface area contributed by atoms with Gasteiger partial charge in [-0.1, -0.05) is 70.4 Å². The van der Waals surface area contributed by atoms with Crippen LogP contribution < -0.4 is 10.0 Å². The van der Waals surface area contributed by atoms with Crippen molar-refractivity contribution in [2.24, 2.45) is 0 Å². The van der Waals surface area contributed by atoms with Crippen molar-refractivity contribution < 1.29 is 25.0 Å². The van der Waals surface area contributed by atoms with E-state index in [0.717, 1.165) is 26.6 Å². The Hall–Kier alpha value is -0.910. The number of carboxylic acid groups (broad SMARTS) is 1. The molecular formula is C24H49NO4. The van der Waals surface area contributed by atoms with E-state index in [1.807, 2.05) is 0 Å². The van der Waals surface area contributed by atoms with Gasteiger partial charge in [0.15, 0.2) is 0 Å². The number of unbranched alkanes of at least 4 members (excludes halogenated alkanes) is 12. The molecule has 0 amide bonds. The van der Waals surface area contributed by atoms with Crippen molar-refractivity contribution in [1.82, 2.24) is 0 Å². The lowest BCUT2D eigenvalue weighted by atomic mass is 10.1. The molecule has 0 aliphatic carbocycles. The van der Waals surface area contributed by atoms with Crippen LogP contribution in [-0.4, -0.2) is 49.0 Å². The lowest BCUT2D eigenvalue weighted by molar-refractivity contribution is -0.901. The van der Waals surface area contributed by atoms with Crippen molar-refractivity contribution in [2.75, 3.05) is 32.8 Å². The molecule has 0 unspecified atom stereocenters. The van der Waals surface area contributed by atoms with Gasteiger partial charge in [-0.3, -0.25) is 0 Å². The molecule has 0 aromatic rings. The fraction of sp³-hybridized carbons (Fsp3) is 0.875. The number of allylic oxidation sites excluding steroid dienone is 2. The Morgan fingerprint density at radius 3 is 1.52 bits per heavy atom. The number of carbonyl (C=O) groups excluding carboxylic acids is 1. The molecule has 0 aliphatic heterocycles. The summed E-state index contributed by atoms with van der Waals surface area (Å²) < 4.78 is 0. The highest BCUT2D eigenvalue weighted by atomic mass is 16.4. The molecule has 5 nitrogen and oxygen atoms in total. The first-order valence-electron chi connectivity index (χ1n) is 12.0. The SMILES string of the molecule is CC(=O)[O-].CCCCCCCC/C=C\CCCCCCCC[NH+](CCO)CCO. The number of aliphatic hydroxyl groups is 2. The highest BCUT2D eigenvalue weighted by Gasteiger charge is 2.05. The maximum atomic E-state index is 8.99. The number of quaternary nitrogens is 1. The van der Waals surface area contributed by atoms with E-state index in [1.165, 1.54) is 94.8 Å². The van der Waals surface area contributed by atoms with Gasteiger partial charge in [-0.25, -0.2) is 0 Å². The van der Waals surface area contributed by atoms with E-state index < -0.39 is 5.97 Å². The standard InChI is InChI=1S/C22H45NO2.C2H4O2/c1-2-3-4-5-6-7-8-9-10-11-12-13-14-15-16-17-18-23(19-21-24)20-22-25;1-2(3)4/h9-10,24-25H,2-8,11-22H2,1H3;1H3,(H,3,4)/b10-9-;. The number of hydrogen-bond acceptors (Lipinski definition) is 4. The zero-order valence-corrected chi connectivity index (χ0v) is 19.3. The summed E-state index contributed by atoms with van der Waals surface area (Å²) in [6, 6.07) is 0. The van der Waals surface area contributed by atoms with E-state index in [4.69, 9.17) is 20.1 Å². The Kier molecular flexibility index (Phi) is 28.3. The molecule has 0 radical (unpaired) electrons. The summed E-state index contributed by atoms with van der Waals surface area (Å²) in [5.74, 6) is -1.08. The molecule has 0 bridgehead atoms. The van der Waals surface area contributed by atoms with E-state index >= 15 is 0 Å². The Labute approximate surface area is 180 Å². The van der Waals surface area contributed by atoms with Crippen LogP contribution in [0.1, 0.15) is 104 Å². The van der Waals surface area contributed by atoms with E-state index in [2.05, 4.69) is 19.1 Å². The average Bonchev–Trinajstić information content (AvgIpc) is 2.67. The number of carbonyl (C=O) groups is 1. The Morgan fingerprint density at radius 1 is 0.724 bits per heavy atom. The van der Waals surface area contributed by atoms with Gasteiger partial charge in [0.05, 0.1) is 19.8 Å². The van der Waals surface area contributed by atoms with Gasteiger partial charge < -0.3 is 25.0 Å². The number of carboxylic acids is 1. The maximum absolute atomic E-state index is 8.99. The second-order valence-corrected chi connectivity index (χ2v) is 7.88. The number of rotatable bonds is 20. The third-order valence-corrected chi connectivity index (χ3v) is 4.97. The predicted molar refractivity (Wildman–Crippen MR) is 120 cm³/mol. The smallest absolute Gasteiger partial charge is 0.101 e. The summed E-state index contributed by atoms with van der Waals surface area (Å²) in [5.41, 5.74) is 0. The molecule has 0 rings (SSSR count). The molecule has 0 aliphatic rings.